The smallest absolute Gasteiger partial charge is 0.281 e. The quantitative estimate of drug-likeness (QED) is 0.665. The van der Waals surface area contributed by atoms with Gasteiger partial charge >= 0.3 is 0 Å². The monoisotopic (exact) mass is 352 g/mol. The number of rotatable bonds is 4. The summed E-state index contributed by atoms with van der Waals surface area (Å²) >= 11 is 5.34. The molecule has 1 heterocycles. The standard InChI is InChI=1S/C20H20N2O2S/c1-13(2)15-9-7-14(8-10-15)11-18-19(23)22(20(25)21-18)16-5-4-6-17(12-16)24-3/h4-13H,1-3H3,(H,21,25). The highest BCUT2D eigenvalue weighted by Gasteiger charge is 2.32. The summed E-state index contributed by atoms with van der Waals surface area (Å²) in [5.74, 6) is 0.977. The molecule has 0 atom stereocenters. The summed E-state index contributed by atoms with van der Waals surface area (Å²) < 4.78 is 5.22. The van der Waals surface area contributed by atoms with E-state index >= 15 is 0 Å². The first-order chi connectivity index (χ1) is 12.0. The molecule has 2 aromatic rings. The van der Waals surface area contributed by atoms with E-state index in [1.807, 2.05) is 36.4 Å². The zero-order valence-electron chi connectivity index (χ0n) is 14.4. The lowest BCUT2D eigenvalue weighted by Gasteiger charge is -2.14. The van der Waals surface area contributed by atoms with Gasteiger partial charge in [0.1, 0.15) is 11.4 Å². The molecule has 3 rings (SSSR count). The van der Waals surface area contributed by atoms with Crippen LogP contribution in [0.15, 0.2) is 54.2 Å². The maximum Gasteiger partial charge on any atom is 0.281 e. The molecule has 5 heteroatoms. The van der Waals surface area contributed by atoms with Crippen molar-refractivity contribution in [2.75, 3.05) is 12.0 Å². The van der Waals surface area contributed by atoms with Gasteiger partial charge in [0.15, 0.2) is 5.11 Å². The molecule has 128 valence electrons. The lowest BCUT2D eigenvalue weighted by molar-refractivity contribution is -0.113. The first-order valence-electron chi connectivity index (χ1n) is 8.10. The molecule has 0 aliphatic carbocycles. The number of hydrogen-bond donors (Lipinski definition) is 1. The molecule has 1 fully saturated rings. The number of ether oxygens (including phenoxy) is 1. The molecule has 0 spiro atoms. The largest absolute Gasteiger partial charge is 0.497 e. The van der Waals surface area contributed by atoms with E-state index in [-0.39, 0.29) is 5.91 Å². The van der Waals surface area contributed by atoms with Gasteiger partial charge in [0.2, 0.25) is 0 Å². The Kier molecular flexibility index (Phi) is 4.86. The van der Waals surface area contributed by atoms with Crippen molar-refractivity contribution in [1.82, 2.24) is 5.32 Å². The van der Waals surface area contributed by atoms with Crippen LogP contribution in [0.2, 0.25) is 0 Å². The highest BCUT2D eigenvalue weighted by molar-refractivity contribution is 7.80. The van der Waals surface area contributed by atoms with Crippen molar-refractivity contribution < 1.29 is 9.53 Å². The molecular formula is C20H20N2O2S. The van der Waals surface area contributed by atoms with E-state index in [0.717, 1.165) is 5.56 Å². The van der Waals surface area contributed by atoms with Crippen LogP contribution < -0.4 is 15.0 Å². The minimum Gasteiger partial charge on any atom is -0.497 e. The Balaban J connectivity index is 1.87. The predicted octanol–water partition coefficient (Wildman–Crippen LogP) is 4.08. The molecular weight excluding hydrogens is 332 g/mol. The van der Waals surface area contributed by atoms with Crippen molar-refractivity contribution in [1.29, 1.82) is 0 Å². The molecule has 1 aliphatic rings. The number of amides is 1. The summed E-state index contributed by atoms with van der Waals surface area (Å²) in [6.07, 6.45) is 1.82. The van der Waals surface area contributed by atoms with Crippen molar-refractivity contribution in [3.63, 3.8) is 0 Å². The lowest BCUT2D eigenvalue weighted by Crippen LogP contribution is -2.30. The third-order valence-corrected chi connectivity index (χ3v) is 4.39. The van der Waals surface area contributed by atoms with E-state index in [1.54, 1.807) is 13.2 Å². The predicted molar refractivity (Wildman–Crippen MR) is 105 cm³/mol. The zero-order chi connectivity index (χ0) is 18.0. The van der Waals surface area contributed by atoms with Crippen LogP contribution in [0.3, 0.4) is 0 Å². The number of nitrogens with one attached hydrogen (secondary N) is 1. The first kappa shape index (κ1) is 17.2. The highest BCUT2D eigenvalue weighted by Crippen LogP contribution is 2.26. The van der Waals surface area contributed by atoms with E-state index in [9.17, 15) is 4.79 Å². The summed E-state index contributed by atoms with van der Waals surface area (Å²) in [5.41, 5.74) is 3.36. The molecule has 2 aromatic carbocycles. The van der Waals surface area contributed by atoms with E-state index in [4.69, 9.17) is 17.0 Å². The molecule has 1 aliphatic heterocycles. The number of hydrogen-bond acceptors (Lipinski definition) is 3. The average molecular weight is 352 g/mol. The SMILES string of the molecule is COc1cccc(N2C(=O)C(=Cc3ccc(C(C)C)cc3)NC2=S)c1. The van der Waals surface area contributed by atoms with E-state index in [1.165, 1.54) is 10.5 Å². The second kappa shape index (κ2) is 7.07. The number of nitrogens with zero attached hydrogens (tertiary/aromatic N) is 1. The Morgan fingerprint density at radius 2 is 1.88 bits per heavy atom. The Hall–Kier alpha value is -2.66. The number of thiocarbonyl (C=S) groups is 1. The molecule has 0 bridgehead atoms. The number of carbonyl (C=O) groups excluding carboxylic acids is 1. The van der Waals surface area contributed by atoms with E-state index < -0.39 is 0 Å². The summed E-state index contributed by atoms with van der Waals surface area (Å²) in [4.78, 5) is 14.2. The van der Waals surface area contributed by atoms with Gasteiger partial charge in [0.05, 0.1) is 12.8 Å². The van der Waals surface area contributed by atoms with Gasteiger partial charge in [-0.15, -0.1) is 0 Å². The molecule has 0 radical (unpaired) electrons. The Morgan fingerprint density at radius 1 is 1.16 bits per heavy atom. The fourth-order valence-electron chi connectivity index (χ4n) is 2.66. The Morgan fingerprint density at radius 3 is 2.52 bits per heavy atom. The Bertz CT molecular complexity index is 841. The fraction of sp³-hybridized carbons (Fsp3) is 0.200. The molecule has 4 nitrogen and oxygen atoms in total. The molecule has 0 saturated carbocycles. The normalized spacial score (nSPS) is 15.8. The number of benzene rings is 2. The fourth-order valence-corrected chi connectivity index (χ4v) is 2.96. The zero-order valence-corrected chi connectivity index (χ0v) is 15.3. The Labute approximate surface area is 153 Å². The van der Waals surface area contributed by atoms with Crippen LogP contribution in [0, 0.1) is 0 Å². The van der Waals surface area contributed by atoms with Crippen LogP contribution in [0.5, 0.6) is 5.75 Å². The van der Waals surface area contributed by atoms with Gasteiger partial charge in [-0.25, -0.2) is 0 Å². The van der Waals surface area contributed by atoms with Gasteiger partial charge in [-0.2, -0.15) is 0 Å². The van der Waals surface area contributed by atoms with Crippen LogP contribution >= 0.6 is 12.2 Å². The maximum absolute atomic E-state index is 12.8. The van der Waals surface area contributed by atoms with Gasteiger partial charge in [0, 0.05) is 6.07 Å². The van der Waals surface area contributed by atoms with Gasteiger partial charge in [-0.05, 0) is 47.5 Å². The summed E-state index contributed by atoms with van der Waals surface area (Å²) in [7, 11) is 1.59. The molecule has 0 unspecified atom stereocenters. The van der Waals surface area contributed by atoms with Crippen molar-refractivity contribution in [3.05, 3.63) is 65.4 Å². The molecule has 1 saturated heterocycles. The number of methoxy groups -OCH3 is 1. The van der Waals surface area contributed by atoms with Gasteiger partial charge in [-0.3, -0.25) is 9.69 Å². The summed E-state index contributed by atoms with van der Waals surface area (Å²) in [5, 5.41) is 3.37. The number of carbonyl (C=O) groups is 1. The molecule has 0 aromatic heterocycles. The van der Waals surface area contributed by atoms with Crippen molar-refractivity contribution in [3.8, 4) is 5.75 Å². The maximum atomic E-state index is 12.8. The van der Waals surface area contributed by atoms with Crippen molar-refractivity contribution >= 4 is 35.0 Å². The second-order valence-corrected chi connectivity index (χ2v) is 6.54. The minimum absolute atomic E-state index is 0.175. The van der Waals surface area contributed by atoms with Crippen LogP contribution in [0.25, 0.3) is 6.08 Å². The van der Waals surface area contributed by atoms with Crippen molar-refractivity contribution in [2.45, 2.75) is 19.8 Å². The third kappa shape index (κ3) is 3.56. The van der Waals surface area contributed by atoms with Crippen LogP contribution in [0.4, 0.5) is 5.69 Å². The summed E-state index contributed by atoms with van der Waals surface area (Å²) in [6, 6.07) is 15.4. The molecule has 1 amide bonds. The van der Waals surface area contributed by atoms with E-state index in [2.05, 4.69) is 31.3 Å². The van der Waals surface area contributed by atoms with Crippen LogP contribution in [-0.4, -0.2) is 18.1 Å². The third-order valence-electron chi connectivity index (χ3n) is 4.10. The lowest BCUT2D eigenvalue weighted by atomic mass is 10.0. The topological polar surface area (TPSA) is 41.6 Å². The van der Waals surface area contributed by atoms with Gasteiger partial charge < -0.3 is 10.1 Å². The van der Waals surface area contributed by atoms with Crippen LogP contribution in [0.1, 0.15) is 30.9 Å². The van der Waals surface area contributed by atoms with E-state index in [0.29, 0.717) is 28.2 Å². The first-order valence-corrected chi connectivity index (χ1v) is 8.51. The number of anilines is 1. The highest BCUT2D eigenvalue weighted by atomic mass is 32.1. The van der Waals surface area contributed by atoms with Gasteiger partial charge in [0.25, 0.3) is 5.91 Å². The molecule has 1 N–H and O–H groups in total. The van der Waals surface area contributed by atoms with Crippen molar-refractivity contribution in [2.24, 2.45) is 0 Å². The van der Waals surface area contributed by atoms with Gasteiger partial charge in [-0.1, -0.05) is 44.2 Å². The second-order valence-electron chi connectivity index (χ2n) is 6.15. The average Bonchev–Trinajstić information content (AvgIpc) is 2.89. The summed E-state index contributed by atoms with van der Waals surface area (Å²) in [6.45, 7) is 4.31. The molecule has 25 heavy (non-hydrogen) atoms. The van der Waals surface area contributed by atoms with Crippen LogP contribution in [-0.2, 0) is 4.79 Å². The minimum atomic E-state index is -0.175.